The van der Waals surface area contributed by atoms with Crippen LogP contribution in [0.3, 0.4) is 0 Å². The Morgan fingerprint density at radius 1 is 1.31 bits per heavy atom. The Morgan fingerprint density at radius 2 is 2.19 bits per heavy atom. The van der Waals surface area contributed by atoms with Crippen molar-refractivity contribution in [3.63, 3.8) is 0 Å². The number of pyridine rings is 2. The molecule has 6 heteroatoms. The van der Waals surface area contributed by atoms with E-state index in [0.29, 0.717) is 32.4 Å². The van der Waals surface area contributed by atoms with Crippen molar-refractivity contribution in [1.82, 2.24) is 14.9 Å². The molecule has 1 amide bonds. The maximum absolute atomic E-state index is 12.5. The van der Waals surface area contributed by atoms with Crippen molar-refractivity contribution in [2.75, 3.05) is 31.6 Å². The largest absolute Gasteiger partial charge is 0.386 e. The second kappa shape index (κ2) is 8.27. The average Bonchev–Trinajstić information content (AvgIpc) is 2.67. The molecule has 0 aliphatic carbocycles. The van der Waals surface area contributed by atoms with Crippen LogP contribution in [-0.2, 0) is 11.2 Å². The number of anilines is 1. The van der Waals surface area contributed by atoms with Gasteiger partial charge in [0.25, 0.3) is 0 Å². The molecule has 26 heavy (non-hydrogen) atoms. The van der Waals surface area contributed by atoms with Crippen LogP contribution in [-0.4, -0.2) is 58.2 Å². The van der Waals surface area contributed by atoms with Crippen LogP contribution in [0.4, 0.5) is 5.82 Å². The molecule has 1 fully saturated rings. The highest BCUT2D eigenvalue weighted by atomic mass is 16.3. The van der Waals surface area contributed by atoms with Gasteiger partial charge in [0.05, 0.1) is 12.1 Å². The van der Waals surface area contributed by atoms with E-state index < -0.39 is 5.60 Å². The topological polar surface area (TPSA) is 69.6 Å². The summed E-state index contributed by atoms with van der Waals surface area (Å²) in [5, 5.41) is 11.0. The Bertz CT molecular complexity index is 710. The van der Waals surface area contributed by atoms with E-state index in [0.717, 1.165) is 24.3 Å². The fraction of sp³-hybridized carbons (Fsp3) is 0.450. The van der Waals surface area contributed by atoms with Gasteiger partial charge in [-0.15, -0.1) is 0 Å². The molecule has 3 rings (SSSR count). The summed E-state index contributed by atoms with van der Waals surface area (Å²) in [5.41, 5.74) is 0.140. The van der Waals surface area contributed by atoms with E-state index in [9.17, 15) is 9.90 Å². The number of aryl methyl sites for hydroxylation is 1. The first-order chi connectivity index (χ1) is 12.6. The molecule has 3 heterocycles. The van der Waals surface area contributed by atoms with Crippen LogP contribution in [0.15, 0.2) is 48.9 Å². The first-order valence-corrected chi connectivity index (χ1v) is 9.07. The molecule has 2 aromatic rings. The highest BCUT2D eigenvalue weighted by molar-refractivity contribution is 5.76. The van der Waals surface area contributed by atoms with Crippen molar-refractivity contribution >= 4 is 11.7 Å². The number of nitrogens with zero attached hydrogens (tertiary/aromatic N) is 4. The molecular weight excluding hydrogens is 328 g/mol. The minimum Gasteiger partial charge on any atom is -0.386 e. The van der Waals surface area contributed by atoms with Crippen LogP contribution < -0.4 is 4.90 Å². The van der Waals surface area contributed by atoms with Gasteiger partial charge in [0.2, 0.25) is 5.91 Å². The zero-order valence-corrected chi connectivity index (χ0v) is 15.2. The molecule has 0 spiro atoms. The van der Waals surface area contributed by atoms with Crippen molar-refractivity contribution in [3.05, 3.63) is 54.5 Å². The van der Waals surface area contributed by atoms with Crippen LogP contribution in [0.25, 0.3) is 0 Å². The second-order valence-electron chi connectivity index (χ2n) is 7.05. The highest BCUT2D eigenvalue weighted by Gasteiger charge is 2.35. The quantitative estimate of drug-likeness (QED) is 0.858. The van der Waals surface area contributed by atoms with Crippen molar-refractivity contribution in [3.8, 4) is 0 Å². The fourth-order valence-corrected chi connectivity index (χ4v) is 3.50. The van der Waals surface area contributed by atoms with Crippen LogP contribution in [0.5, 0.6) is 0 Å². The lowest BCUT2D eigenvalue weighted by atomic mass is 9.92. The lowest BCUT2D eigenvalue weighted by Crippen LogP contribution is -2.54. The number of amides is 1. The first-order valence-electron chi connectivity index (χ1n) is 9.07. The number of piperidine rings is 1. The summed E-state index contributed by atoms with van der Waals surface area (Å²) in [7, 11) is 1.77. The Kier molecular flexibility index (Phi) is 5.83. The van der Waals surface area contributed by atoms with Crippen molar-refractivity contribution in [2.24, 2.45) is 0 Å². The van der Waals surface area contributed by atoms with Gasteiger partial charge >= 0.3 is 0 Å². The predicted octanol–water partition coefficient (Wildman–Crippen LogP) is 1.90. The van der Waals surface area contributed by atoms with Crippen molar-refractivity contribution in [1.29, 1.82) is 0 Å². The lowest BCUT2D eigenvalue weighted by Gasteiger charge is -2.41. The molecule has 0 unspecified atom stereocenters. The molecule has 1 atom stereocenters. The number of aromatic nitrogens is 2. The molecule has 0 aromatic carbocycles. The van der Waals surface area contributed by atoms with E-state index in [1.807, 2.05) is 30.3 Å². The van der Waals surface area contributed by atoms with Crippen LogP contribution >= 0.6 is 0 Å². The van der Waals surface area contributed by atoms with Gasteiger partial charge in [-0.2, -0.15) is 0 Å². The Morgan fingerprint density at radius 3 is 2.92 bits per heavy atom. The molecular formula is C20H26N4O2. The lowest BCUT2D eigenvalue weighted by molar-refractivity contribution is -0.133. The summed E-state index contributed by atoms with van der Waals surface area (Å²) in [6, 6.07) is 9.63. The summed E-state index contributed by atoms with van der Waals surface area (Å²) in [6.45, 7) is 1.70. The third-order valence-electron chi connectivity index (χ3n) is 4.84. The number of rotatable bonds is 6. The van der Waals surface area contributed by atoms with Crippen molar-refractivity contribution in [2.45, 2.75) is 31.3 Å². The van der Waals surface area contributed by atoms with Gasteiger partial charge in [-0.25, -0.2) is 4.98 Å². The van der Waals surface area contributed by atoms with E-state index in [-0.39, 0.29) is 5.91 Å². The molecule has 0 radical (unpaired) electrons. The Hall–Kier alpha value is -2.47. The van der Waals surface area contributed by atoms with Crippen LogP contribution in [0.1, 0.15) is 24.8 Å². The van der Waals surface area contributed by atoms with Gasteiger partial charge in [-0.1, -0.05) is 12.1 Å². The number of hydrogen-bond donors (Lipinski definition) is 1. The smallest absolute Gasteiger partial charge is 0.222 e. The SMILES string of the molecule is CN(C[C@]1(O)CCCN(c2ccccn2)C1)C(=O)CCc1cccnc1. The molecule has 0 bridgehead atoms. The molecule has 1 aliphatic rings. The van der Waals surface area contributed by atoms with E-state index in [4.69, 9.17) is 0 Å². The Balaban J connectivity index is 1.55. The average molecular weight is 354 g/mol. The number of carbonyl (C=O) groups excluding carboxylic acids is 1. The second-order valence-corrected chi connectivity index (χ2v) is 7.05. The van der Waals surface area contributed by atoms with Gasteiger partial charge in [-0.05, 0) is 43.0 Å². The summed E-state index contributed by atoms with van der Waals surface area (Å²) in [5.74, 6) is 0.911. The van der Waals surface area contributed by atoms with Crippen LogP contribution in [0, 0.1) is 0 Å². The molecule has 1 aliphatic heterocycles. The van der Waals surface area contributed by atoms with E-state index in [1.54, 1.807) is 30.5 Å². The monoisotopic (exact) mass is 354 g/mol. The van der Waals surface area contributed by atoms with Gasteiger partial charge < -0.3 is 14.9 Å². The molecule has 1 N–H and O–H groups in total. The standard InChI is InChI=1S/C20H26N4O2/c1-23(19(25)9-8-17-6-4-11-21-14-17)15-20(26)10-5-13-24(16-20)18-7-2-3-12-22-18/h2-4,6-7,11-12,14,26H,5,8-10,13,15-16H2,1H3/t20-/m1/s1. The summed E-state index contributed by atoms with van der Waals surface area (Å²) >= 11 is 0. The maximum Gasteiger partial charge on any atom is 0.222 e. The number of likely N-dealkylation sites (N-methyl/N-ethyl adjacent to an activating group) is 1. The van der Waals surface area contributed by atoms with Gasteiger partial charge in [-0.3, -0.25) is 9.78 Å². The molecule has 1 saturated heterocycles. The molecule has 6 nitrogen and oxygen atoms in total. The van der Waals surface area contributed by atoms with E-state index >= 15 is 0 Å². The predicted molar refractivity (Wildman–Crippen MR) is 101 cm³/mol. The van der Waals surface area contributed by atoms with Gasteiger partial charge in [0.15, 0.2) is 0 Å². The summed E-state index contributed by atoms with van der Waals surface area (Å²) in [4.78, 5) is 24.6. The van der Waals surface area contributed by atoms with E-state index in [2.05, 4.69) is 14.9 Å². The normalized spacial score (nSPS) is 20.0. The number of carbonyl (C=O) groups is 1. The van der Waals surface area contributed by atoms with Crippen LogP contribution in [0.2, 0.25) is 0 Å². The third-order valence-corrected chi connectivity index (χ3v) is 4.84. The summed E-state index contributed by atoms with van der Waals surface area (Å²) in [6.07, 6.45) is 7.92. The molecule has 138 valence electrons. The fourth-order valence-electron chi connectivity index (χ4n) is 3.50. The molecule has 0 saturated carbocycles. The number of β-amino-alcohol motifs (C(OH)–C–C–N with tert-alkyl or cyclic N) is 1. The number of aliphatic hydroxyl groups is 1. The molecule has 2 aromatic heterocycles. The first kappa shape index (κ1) is 18.3. The zero-order chi connectivity index (χ0) is 18.4. The maximum atomic E-state index is 12.5. The van der Waals surface area contributed by atoms with Gasteiger partial charge in [0.1, 0.15) is 5.82 Å². The Labute approximate surface area is 154 Å². The third kappa shape index (κ3) is 4.79. The highest BCUT2D eigenvalue weighted by Crippen LogP contribution is 2.25. The minimum atomic E-state index is -0.908. The van der Waals surface area contributed by atoms with E-state index in [1.165, 1.54) is 0 Å². The zero-order valence-electron chi connectivity index (χ0n) is 15.2. The van der Waals surface area contributed by atoms with Gasteiger partial charge in [0, 0.05) is 45.1 Å². The number of hydrogen-bond acceptors (Lipinski definition) is 5. The summed E-state index contributed by atoms with van der Waals surface area (Å²) < 4.78 is 0. The van der Waals surface area contributed by atoms with Crippen molar-refractivity contribution < 1.29 is 9.90 Å². The minimum absolute atomic E-state index is 0.0391.